The van der Waals surface area contributed by atoms with E-state index in [1.54, 1.807) is 18.2 Å². The molecule has 7 heteroatoms. The Balaban J connectivity index is 2.07. The first-order chi connectivity index (χ1) is 11.7. The molecule has 0 spiro atoms. The van der Waals surface area contributed by atoms with Crippen molar-refractivity contribution in [2.45, 2.75) is 24.3 Å². The highest BCUT2D eigenvalue weighted by atomic mass is 32.2. The molecule has 25 heavy (non-hydrogen) atoms. The van der Waals surface area contributed by atoms with Crippen molar-refractivity contribution < 1.29 is 23.0 Å². The zero-order chi connectivity index (χ0) is 18.2. The van der Waals surface area contributed by atoms with Crippen molar-refractivity contribution in [2.24, 2.45) is 0 Å². The lowest BCUT2D eigenvalue weighted by Crippen LogP contribution is -2.22. The van der Waals surface area contributed by atoms with Gasteiger partial charge in [0.2, 0.25) is 6.79 Å². The van der Waals surface area contributed by atoms with Gasteiger partial charge in [-0.2, -0.15) is 0 Å². The molecule has 1 atom stereocenters. The Labute approximate surface area is 146 Å². The van der Waals surface area contributed by atoms with Gasteiger partial charge in [-0.3, -0.25) is 4.72 Å². The van der Waals surface area contributed by atoms with E-state index in [1.165, 1.54) is 31.2 Å². The number of hydrogen-bond donors (Lipinski definition) is 2. The number of ether oxygens (including phenoxy) is 2. The third kappa shape index (κ3) is 3.33. The fraction of sp³-hybridized carbons (Fsp3) is 0.222. The van der Waals surface area contributed by atoms with Gasteiger partial charge in [0, 0.05) is 11.6 Å². The highest BCUT2D eigenvalue weighted by Crippen LogP contribution is 2.41. The van der Waals surface area contributed by atoms with Crippen LogP contribution in [0, 0.1) is 6.92 Å². The minimum absolute atomic E-state index is 0.0408. The highest BCUT2D eigenvalue weighted by Gasteiger charge is 2.29. The van der Waals surface area contributed by atoms with Crippen LogP contribution in [0.3, 0.4) is 0 Å². The second kappa shape index (κ2) is 6.09. The van der Waals surface area contributed by atoms with Crippen LogP contribution in [0.15, 0.2) is 53.9 Å². The molecular formula is C18H19NO5S. The first kappa shape index (κ1) is 17.3. The van der Waals surface area contributed by atoms with Gasteiger partial charge in [0.15, 0.2) is 11.5 Å². The first-order valence-corrected chi connectivity index (χ1v) is 9.11. The standard InChI is InChI=1S/C18H19NO5S/c1-4-18(3,20)14-9-16-17(24-11-23-16)10-15(14)19-25(21,22)13-7-5-12(2)6-8-13/h4-10,19-20H,1,11H2,2-3H3. The number of fused-ring (bicyclic) bond motifs is 1. The molecule has 0 aromatic heterocycles. The van der Waals surface area contributed by atoms with Gasteiger partial charge in [0.05, 0.1) is 10.6 Å². The van der Waals surface area contributed by atoms with Crippen molar-refractivity contribution in [3.63, 3.8) is 0 Å². The average Bonchev–Trinajstić information content (AvgIpc) is 3.01. The summed E-state index contributed by atoms with van der Waals surface area (Å²) in [5.74, 6) is 0.848. The summed E-state index contributed by atoms with van der Waals surface area (Å²) in [7, 11) is -3.83. The molecule has 2 aromatic carbocycles. The number of benzene rings is 2. The minimum Gasteiger partial charge on any atom is -0.454 e. The Kier molecular flexibility index (Phi) is 4.22. The molecule has 3 rings (SSSR count). The van der Waals surface area contributed by atoms with E-state index in [0.29, 0.717) is 17.1 Å². The second-order valence-electron chi connectivity index (χ2n) is 6.02. The molecular weight excluding hydrogens is 342 g/mol. The maximum Gasteiger partial charge on any atom is 0.261 e. The van der Waals surface area contributed by atoms with E-state index in [2.05, 4.69) is 11.3 Å². The van der Waals surface area contributed by atoms with Gasteiger partial charge in [-0.25, -0.2) is 8.42 Å². The Morgan fingerprint density at radius 3 is 2.40 bits per heavy atom. The molecule has 0 radical (unpaired) electrons. The van der Waals surface area contributed by atoms with E-state index < -0.39 is 15.6 Å². The third-order valence-corrected chi connectivity index (χ3v) is 5.41. The van der Waals surface area contributed by atoms with Gasteiger partial charge in [-0.1, -0.05) is 30.4 Å². The van der Waals surface area contributed by atoms with Crippen LogP contribution in [0.1, 0.15) is 18.1 Å². The summed E-state index contributed by atoms with van der Waals surface area (Å²) in [6.07, 6.45) is 1.33. The molecule has 0 saturated carbocycles. The number of anilines is 1. The van der Waals surface area contributed by atoms with E-state index in [0.717, 1.165) is 5.56 Å². The fourth-order valence-electron chi connectivity index (χ4n) is 2.48. The maximum absolute atomic E-state index is 12.7. The summed E-state index contributed by atoms with van der Waals surface area (Å²) in [6, 6.07) is 9.54. The first-order valence-electron chi connectivity index (χ1n) is 7.62. The molecule has 0 fully saturated rings. The van der Waals surface area contributed by atoms with Crippen LogP contribution < -0.4 is 14.2 Å². The summed E-state index contributed by atoms with van der Waals surface area (Å²) < 4.78 is 38.5. The summed E-state index contributed by atoms with van der Waals surface area (Å²) >= 11 is 0. The second-order valence-corrected chi connectivity index (χ2v) is 7.70. The van der Waals surface area contributed by atoms with Crippen molar-refractivity contribution in [2.75, 3.05) is 11.5 Å². The molecule has 0 aliphatic carbocycles. The molecule has 0 amide bonds. The molecule has 6 nitrogen and oxygen atoms in total. The third-order valence-electron chi connectivity index (χ3n) is 4.03. The number of aliphatic hydroxyl groups is 1. The lowest BCUT2D eigenvalue weighted by molar-refractivity contribution is 0.112. The number of sulfonamides is 1. The summed E-state index contributed by atoms with van der Waals surface area (Å²) in [6.45, 7) is 7.04. The fourth-order valence-corrected chi connectivity index (χ4v) is 3.55. The highest BCUT2D eigenvalue weighted by molar-refractivity contribution is 7.92. The molecule has 1 aliphatic heterocycles. The molecule has 132 valence electrons. The van der Waals surface area contributed by atoms with Gasteiger partial charge < -0.3 is 14.6 Å². The normalized spacial score (nSPS) is 15.5. The molecule has 0 saturated heterocycles. The zero-order valence-corrected chi connectivity index (χ0v) is 14.8. The summed E-state index contributed by atoms with van der Waals surface area (Å²) in [5, 5.41) is 10.6. The summed E-state index contributed by atoms with van der Waals surface area (Å²) in [4.78, 5) is 0.125. The molecule has 2 aromatic rings. The quantitative estimate of drug-likeness (QED) is 0.800. The minimum atomic E-state index is -3.83. The van der Waals surface area contributed by atoms with Crippen LogP contribution in [-0.2, 0) is 15.6 Å². The number of nitrogens with one attached hydrogen (secondary N) is 1. The number of hydrogen-bond acceptors (Lipinski definition) is 5. The van der Waals surface area contributed by atoms with Crippen LogP contribution in [0.25, 0.3) is 0 Å². The smallest absolute Gasteiger partial charge is 0.261 e. The Bertz CT molecular complexity index is 917. The van der Waals surface area contributed by atoms with Gasteiger partial charge in [0.25, 0.3) is 10.0 Å². The maximum atomic E-state index is 12.7. The monoisotopic (exact) mass is 361 g/mol. The van der Waals surface area contributed by atoms with E-state index in [4.69, 9.17) is 9.47 Å². The van der Waals surface area contributed by atoms with Gasteiger partial charge in [-0.15, -0.1) is 0 Å². The van der Waals surface area contributed by atoms with Crippen LogP contribution in [0.4, 0.5) is 5.69 Å². The molecule has 2 N–H and O–H groups in total. The van der Waals surface area contributed by atoms with Gasteiger partial charge >= 0.3 is 0 Å². The van der Waals surface area contributed by atoms with Crippen molar-refractivity contribution in [3.8, 4) is 11.5 Å². The van der Waals surface area contributed by atoms with Crippen molar-refractivity contribution in [1.29, 1.82) is 0 Å². The molecule has 1 unspecified atom stereocenters. The predicted octanol–water partition coefficient (Wildman–Crippen LogP) is 2.92. The lowest BCUT2D eigenvalue weighted by Gasteiger charge is -2.23. The molecule has 0 bridgehead atoms. The Morgan fingerprint density at radius 1 is 1.20 bits per heavy atom. The Hall–Kier alpha value is -2.51. The topological polar surface area (TPSA) is 84.9 Å². The molecule has 1 heterocycles. The number of rotatable bonds is 5. The van der Waals surface area contributed by atoms with Gasteiger partial charge in [-0.05, 0) is 32.0 Å². The average molecular weight is 361 g/mol. The lowest BCUT2D eigenvalue weighted by atomic mass is 9.94. The van der Waals surface area contributed by atoms with E-state index >= 15 is 0 Å². The van der Waals surface area contributed by atoms with Crippen LogP contribution in [-0.4, -0.2) is 20.3 Å². The number of aryl methyl sites for hydroxylation is 1. The largest absolute Gasteiger partial charge is 0.454 e. The van der Waals surface area contributed by atoms with Crippen LogP contribution in [0.5, 0.6) is 11.5 Å². The van der Waals surface area contributed by atoms with E-state index in [-0.39, 0.29) is 17.4 Å². The van der Waals surface area contributed by atoms with Crippen molar-refractivity contribution in [1.82, 2.24) is 0 Å². The van der Waals surface area contributed by atoms with Crippen molar-refractivity contribution in [3.05, 3.63) is 60.2 Å². The zero-order valence-electron chi connectivity index (χ0n) is 13.9. The Morgan fingerprint density at radius 2 is 1.80 bits per heavy atom. The van der Waals surface area contributed by atoms with E-state index in [1.807, 2.05) is 6.92 Å². The van der Waals surface area contributed by atoms with Crippen LogP contribution in [0.2, 0.25) is 0 Å². The van der Waals surface area contributed by atoms with Crippen LogP contribution >= 0.6 is 0 Å². The SMILES string of the molecule is C=CC(C)(O)c1cc2c(cc1NS(=O)(=O)c1ccc(C)cc1)OCO2. The molecule has 1 aliphatic rings. The predicted molar refractivity (Wildman–Crippen MR) is 94.3 cm³/mol. The van der Waals surface area contributed by atoms with Gasteiger partial charge in [0.1, 0.15) is 5.60 Å². The summed E-state index contributed by atoms with van der Waals surface area (Å²) in [5.41, 5.74) is 0.0287. The van der Waals surface area contributed by atoms with E-state index in [9.17, 15) is 13.5 Å². The van der Waals surface area contributed by atoms with Crippen molar-refractivity contribution >= 4 is 15.7 Å².